The molecule has 4 aliphatic heterocycles. The standard InChI is InChI=1S/C19H18N4O4S/c24-15-6-7-16(25)27-19(26-15)12-23(14-8-10-22(19)11-9-14)18-21-20-17(28-18)13-4-2-1-3-5-13/h1-7,14H,8-12H2. The van der Waals surface area contributed by atoms with Gasteiger partial charge in [0.2, 0.25) is 5.13 Å². The molecule has 4 aliphatic rings. The molecule has 0 radical (unpaired) electrons. The van der Waals surface area contributed by atoms with Gasteiger partial charge in [0.15, 0.2) is 0 Å². The van der Waals surface area contributed by atoms with Gasteiger partial charge < -0.3 is 14.4 Å². The van der Waals surface area contributed by atoms with Crippen molar-refractivity contribution >= 4 is 28.4 Å². The van der Waals surface area contributed by atoms with Crippen molar-refractivity contribution in [1.29, 1.82) is 0 Å². The van der Waals surface area contributed by atoms with Crippen LogP contribution in [-0.2, 0) is 19.1 Å². The predicted octanol–water partition coefficient (Wildman–Crippen LogP) is 1.80. The van der Waals surface area contributed by atoms with Gasteiger partial charge in [-0.2, -0.15) is 0 Å². The summed E-state index contributed by atoms with van der Waals surface area (Å²) in [6.45, 7) is 1.55. The minimum absolute atomic E-state index is 0.209. The van der Waals surface area contributed by atoms with E-state index in [1.807, 2.05) is 35.2 Å². The molecule has 8 nitrogen and oxygen atoms in total. The third-order valence-electron chi connectivity index (χ3n) is 5.31. The Kier molecular flexibility index (Phi) is 4.13. The number of fused-ring (bicyclic) bond motifs is 3. The second kappa shape index (κ2) is 6.68. The number of rotatable bonds is 2. The van der Waals surface area contributed by atoms with Gasteiger partial charge in [0.25, 0.3) is 0 Å². The lowest BCUT2D eigenvalue weighted by molar-refractivity contribution is -0.274. The minimum atomic E-state index is -1.44. The van der Waals surface area contributed by atoms with E-state index in [4.69, 9.17) is 9.47 Å². The topological polar surface area (TPSA) is 84.9 Å². The highest BCUT2D eigenvalue weighted by atomic mass is 32.1. The molecule has 3 saturated heterocycles. The van der Waals surface area contributed by atoms with E-state index in [9.17, 15) is 9.59 Å². The molecule has 0 saturated carbocycles. The average molecular weight is 398 g/mol. The van der Waals surface area contributed by atoms with Crippen LogP contribution >= 0.6 is 11.3 Å². The Balaban J connectivity index is 1.51. The number of hydrogen-bond acceptors (Lipinski definition) is 9. The number of anilines is 1. The van der Waals surface area contributed by atoms with Gasteiger partial charge in [0.1, 0.15) is 11.6 Å². The molecule has 2 bridgehead atoms. The van der Waals surface area contributed by atoms with E-state index in [0.717, 1.165) is 40.7 Å². The van der Waals surface area contributed by atoms with Crippen LogP contribution in [0.4, 0.5) is 5.13 Å². The summed E-state index contributed by atoms with van der Waals surface area (Å²) in [6.07, 6.45) is 3.95. The number of carbonyl (C=O) groups excluding carboxylic acids is 2. The molecule has 1 aromatic heterocycles. The van der Waals surface area contributed by atoms with Crippen LogP contribution in [-0.4, -0.2) is 58.6 Å². The Morgan fingerprint density at radius 1 is 1.00 bits per heavy atom. The first-order valence-corrected chi connectivity index (χ1v) is 9.99. The fourth-order valence-corrected chi connectivity index (χ4v) is 4.87. The van der Waals surface area contributed by atoms with E-state index in [1.165, 1.54) is 11.3 Å². The average Bonchev–Trinajstić information content (AvgIpc) is 3.04. The van der Waals surface area contributed by atoms with E-state index in [-0.39, 0.29) is 12.6 Å². The maximum atomic E-state index is 12.1. The fourth-order valence-electron chi connectivity index (χ4n) is 3.95. The summed E-state index contributed by atoms with van der Waals surface area (Å²) in [5.41, 5.74) is 1.00. The van der Waals surface area contributed by atoms with Gasteiger partial charge >= 0.3 is 17.8 Å². The zero-order valence-electron chi connectivity index (χ0n) is 15.0. The smallest absolute Gasteiger partial charge is 0.339 e. The summed E-state index contributed by atoms with van der Waals surface area (Å²) in [5.74, 6) is -2.61. The molecule has 5 heterocycles. The molecule has 3 fully saturated rings. The Labute approximate surface area is 165 Å². The number of hydrogen-bond donors (Lipinski definition) is 0. The number of carbonyl (C=O) groups is 2. The summed E-state index contributed by atoms with van der Waals surface area (Å²) in [7, 11) is 0. The zero-order chi connectivity index (χ0) is 19.1. The molecule has 0 aliphatic carbocycles. The van der Waals surface area contributed by atoms with Crippen LogP contribution in [0.15, 0.2) is 42.5 Å². The van der Waals surface area contributed by atoms with E-state index < -0.39 is 17.8 Å². The van der Waals surface area contributed by atoms with Crippen molar-refractivity contribution in [3.63, 3.8) is 0 Å². The molecular formula is C19H18N4O4S. The molecule has 6 rings (SSSR count). The Morgan fingerprint density at radius 3 is 2.36 bits per heavy atom. The Morgan fingerprint density at radius 2 is 1.68 bits per heavy atom. The molecule has 0 unspecified atom stereocenters. The van der Waals surface area contributed by atoms with Gasteiger partial charge in [-0.1, -0.05) is 41.7 Å². The molecule has 28 heavy (non-hydrogen) atoms. The first kappa shape index (κ1) is 17.3. The van der Waals surface area contributed by atoms with Crippen molar-refractivity contribution < 1.29 is 19.1 Å². The lowest BCUT2D eigenvalue weighted by atomic mass is 10.1. The van der Waals surface area contributed by atoms with Gasteiger partial charge in [-0.25, -0.2) is 14.5 Å². The summed E-state index contributed by atoms with van der Waals surface area (Å²) in [6, 6.07) is 10.1. The molecule has 9 heteroatoms. The van der Waals surface area contributed by atoms with Crippen LogP contribution in [0.3, 0.4) is 0 Å². The second-order valence-corrected chi connectivity index (χ2v) is 7.95. The van der Waals surface area contributed by atoms with Gasteiger partial charge in [0, 0.05) is 36.8 Å². The molecule has 144 valence electrons. The van der Waals surface area contributed by atoms with Crippen LogP contribution in [0.5, 0.6) is 0 Å². The predicted molar refractivity (Wildman–Crippen MR) is 101 cm³/mol. The van der Waals surface area contributed by atoms with Crippen molar-refractivity contribution in [3.05, 3.63) is 42.5 Å². The van der Waals surface area contributed by atoms with Crippen LogP contribution < -0.4 is 4.90 Å². The van der Waals surface area contributed by atoms with Crippen molar-refractivity contribution in [2.24, 2.45) is 0 Å². The second-order valence-electron chi connectivity index (χ2n) is 6.99. The third kappa shape index (κ3) is 2.96. The first-order chi connectivity index (χ1) is 13.6. The monoisotopic (exact) mass is 398 g/mol. The quantitative estimate of drug-likeness (QED) is 0.708. The highest BCUT2D eigenvalue weighted by Gasteiger charge is 2.53. The van der Waals surface area contributed by atoms with Crippen molar-refractivity contribution in [3.8, 4) is 10.6 Å². The number of benzene rings is 1. The third-order valence-corrected chi connectivity index (χ3v) is 6.32. The van der Waals surface area contributed by atoms with Gasteiger partial charge in [-0.3, -0.25) is 0 Å². The fraction of sp³-hybridized carbons (Fsp3) is 0.368. The van der Waals surface area contributed by atoms with E-state index in [2.05, 4.69) is 15.1 Å². The highest BCUT2D eigenvalue weighted by molar-refractivity contribution is 7.18. The number of nitrogens with zero attached hydrogens (tertiary/aromatic N) is 4. The maximum Gasteiger partial charge on any atom is 0.339 e. The molecule has 2 aromatic rings. The largest absolute Gasteiger partial charge is 0.403 e. The Bertz CT molecular complexity index is 916. The van der Waals surface area contributed by atoms with Crippen LogP contribution in [0.1, 0.15) is 12.8 Å². The normalized spacial score (nSPS) is 25.9. The maximum absolute atomic E-state index is 12.1. The van der Waals surface area contributed by atoms with Crippen molar-refractivity contribution in [1.82, 2.24) is 15.1 Å². The number of ether oxygens (including phenoxy) is 2. The minimum Gasteiger partial charge on any atom is -0.403 e. The summed E-state index contributed by atoms with van der Waals surface area (Å²) in [4.78, 5) is 28.2. The van der Waals surface area contributed by atoms with Crippen molar-refractivity contribution in [2.75, 3.05) is 24.5 Å². The molecular weight excluding hydrogens is 380 g/mol. The molecule has 0 atom stereocenters. The van der Waals surface area contributed by atoms with E-state index in [1.54, 1.807) is 0 Å². The zero-order valence-corrected chi connectivity index (χ0v) is 15.8. The van der Waals surface area contributed by atoms with Gasteiger partial charge in [-0.05, 0) is 12.8 Å². The number of piperidine rings is 1. The van der Waals surface area contributed by atoms with E-state index >= 15 is 0 Å². The molecule has 1 aromatic carbocycles. The summed E-state index contributed by atoms with van der Waals surface area (Å²) < 4.78 is 11.3. The SMILES string of the molecule is O=C1C=CC(=O)OC2(CN(c3nnc(-c4ccccc4)s3)C3CCN2CC3)O1. The Hall–Kier alpha value is -2.78. The van der Waals surface area contributed by atoms with Crippen LogP contribution in [0.25, 0.3) is 10.6 Å². The number of esters is 2. The molecule has 1 spiro atoms. The first-order valence-electron chi connectivity index (χ1n) is 9.18. The molecule has 0 amide bonds. The summed E-state index contributed by atoms with van der Waals surface area (Å²) >= 11 is 1.48. The molecule has 0 N–H and O–H groups in total. The lowest BCUT2D eigenvalue weighted by Crippen LogP contribution is -2.58. The highest BCUT2D eigenvalue weighted by Crippen LogP contribution is 2.38. The van der Waals surface area contributed by atoms with E-state index in [0.29, 0.717) is 13.1 Å². The van der Waals surface area contributed by atoms with Crippen molar-refractivity contribution in [2.45, 2.75) is 24.8 Å². The van der Waals surface area contributed by atoms with Gasteiger partial charge in [0.05, 0.1) is 0 Å². The lowest BCUT2D eigenvalue weighted by Gasteiger charge is -2.39. The van der Waals surface area contributed by atoms with Gasteiger partial charge in [-0.15, -0.1) is 10.2 Å². The number of aromatic nitrogens is 2. The van der Waals surface area contributed by atoms with Crippen LogP contribution in [0.2, 0.25) is 0 Å². The van der Waals surface area contributed by atoms with Crippen LogP contribution in [0, 0.1) is 0 Å². The summed E-state index contributed by atoms with van der Waals surface area (Å²) in [5, 5.41) is 10.3.